The molecule has 0 saturated carbocycles. The minimum Gasteiger partial charge on any atom is -0.360 e. The number of aromatic amines is 1. The molecular formula is C15H11BrN2O. The second-order valence-electron chi connectivity index (χ2n) is 4.21. The second kappa shape index (κ2) is 4.90. The van der Waals surface area contributed by atoms with Crippen LogP contribution in [0.3, 0.4) is 0 Å². The molecule has 0 bridgehead atoms. The Morgan fingerprint density at radius 1 is 1.05 bits per heavy atom. The van der Waals surface area contributed by atoms with Gasteiger partial charge in [-0.2, -0.15) is 0 Å². The van der Waals surface area contributed by atoms with E-state index in [1.54, 1.807) is 6.20 Å². The molecule has 0 saturated heterocycles. The molecule has 3 rings (SSSR count). The average molecular weight is 315 g/mol. The van der Waals surface area contributed by atoms with Crippen LogP contribution in [0.5, 0.6) is 0 Å². The highest BCUT2D eigenvalue weighted by Crippen LogP contribution is 2.20. The standard InChI is InChI=1S/C15H11BrN2O/c16-10-5-7-11(8-6-10)18-15(19)13-9-17-14-4-2-1-3-12(13)14/h1-9,17H,(H,18,19). The number of fused-ring (bicyclic) bond motifs is 1. The normalized spacial score (nSPS) is 10.6. The summed E-state index contributed by atoms with van der Waals surface area (Å²) in [6.45, 7) is 0. The Kier molecular flexibility index (Phi) is 3.09. The summed E-state index contributed by atoms with van der Waals surface area (Å²) in [5, 5.41) is 3.81. The summed E-state index contributed by atoms with van der Waals surface area (Å²) in [6, 6.07) is 15.2. The maximum atomic E-state index is 12.2. The minimum absolute atomic E-state index is 0.111. The van der Waals surface area contributed by atoms with Gasteiger partial charge in [0.15, 0.2) is 0 Å². The van der Waals surface area contributed by atoms with Gasteiger partial charge in [0.05, 0.1) is 5.56 Å². The van der Waals surface area contributed by atoms with Crippen molar-refractivity contribution in [2.45, 2.75) is 0 Å². The van der Waals surface area contributed by atoms with E-state index in [0.717, 1.165) is 21.1 Å². The Labute approximate surface area is 118 Å². The van der Waals surface area contributed by atoms with E-state index in [2.05, 4.69) is 26.2 Å². The van der Waals surface area contributed by atoms with E-state index in [1.807, 2.05) is 48.5 Å². The van der Waals surface area contributed by atoms with Crippen LogP contribution in [0.25, 0.3) is 10.9 Å². The highest BCUT2D eigenvalue weighted by Gasteiger charge is 2.11. The van der Waals surface area contributed by atoms with E-state index >= 15 is 0 Å². The SMILES string of the molecule is O=C(Nc1ccc(Br)cc1)c1c[nH]c2ccccc12. The zero-order valence-electron chi connectivity index (χ0n) is 9.98. The van der Waals surface area contributed by atoms with Crippen molar-refractivity contribution in [3.8, 4) is 0 Å². The van der Waals surface area contributed by atoms with Crippen molar-refractivity contribution in [3.63, 3.8) is 0 Å². The van der Waals surface area contributed by atoms with Gasteiger partial charge in [-0.1, -0.05) is 34.1 Å². The quantitative estimate of drug-likeness (QED) is 0.732. The molecule has 0 spiro atoms. The number of para-hydroxylation sites is 1. The van der Waals surface area contributed by atoms with Crippen LogP contribution < -0.4 is 5.32 Å². The van der Waals surface area contributed by atoms with Gasteiger partial charge in [-0.05, 0) is 30.3 Å². The summed E-state index contributed by atoms with van der Waals surface area (Å²) in [5.74, 6) is -0.111. The number of hydrogen-bond donors (Lipinski definition) is 2. The lowest BCUT2D eigenvalue weighted by Gasteiger charge is -2.04. The predicted molar refractivity (Wildman–Crippen MR) is 80.4 cm³/mol. The van der Waals surface area contributed by atoms with Gasteiger partial charge >= 0.3 is 0 Å². The fourth-order valence-corrected chi connectivity index (χ4v) is 2.26. The average Bonchev–Trinajstić information content (AvgIpc) is 2.85. The van der Waals surface area contributed by atoms with E-state index in [1.165, 1.54) is 0 Å². The monoisotopic (exact) mass is 314 g/mol. The Morgan fingerprint density at radius 3 is 2.58 bits per heavy atom. The Morgan fingerprint density at radius 2 is 1.79 bits per heavy atom. The minimum atomic E-state index is -0.111. The molecule has 3 aromatic rings. The molecule has 0 aliphatic heterocycles. The number of carbonyl (C=O) groups excluding carboxylic acids is 1. The van der Waals surface area contributed by atoms with Gasteiger partial charge < -0.3 is 10.3 Å². The first-order valence-corrected chi connectivity index (χ1v) is 6.66. The first-order chi connectivity index (χ1) is 9.24. The third-order valence-corrected chi connectivity index (χ3v) is 3.46. The van der Waals surface area contributed by atoms with Crippen molar-refractivity contribution in [1.82, 2.24) is 4.98 Å². The van der Waals surface area contributed by atoms with Crippen molar-refractivity contribution in [2.24, 2.45) is 0 Å². The van der Waals surface area contributed by atoms with Crippen LogP contribution in [0.15, 0.2) is 59.2 Å². The molecule has 2 aromatic carbocycles. The maximum Gasteiger partial charge on any atom is 0.257 e. The maximum absolute atomic E-state index is 12.2. The summed E-state index contributed by atoms with van der Waals surface area (Å²) in [7, 11) is 0. The first-order valence-electron chi connectivity index (χ1n) is 5.87. The topological polar surface area (TPSA) is 44.9 Å². The second-order valence-corrected chi connectivity index (χ2v) is 5.12. The number of aromatic nitrogens is 1. The van der Waals surface area contributed by atoms with Crippen LogP contribution in [-0.4, -0.2) is 10.9 Å². The number of anilines is 1. The zero-order valence-corrected chi connectivity index (χ0v) is 11.6. The Balaban J connectivity index is 1.90. The van der Waals surface area contributed by atoms with Crippen molar-refractivity contribution in [1.29, 1.82) is 0 Å². The van der Waals surface area contributed by atoms with Crippen molar-refractivity contribution < 1.29 is 4.79 Å². The fourth-order valence-electron chi connectivity index (χ4n) is 1.99. The highest BCUT2D eigenvalue weighted by atomic mass is 79.9. The van der Waals surface area contributed by atoms with E-state index < -0.39 is 0 Å². The van der Waals surface area contributed by atoms with Gasteiger partial charge in [0.2, 0.25) is 0 Å². The molecule has 1 amide bonds. The molecule has 19 heavy (non-hydrogen) atoms. The molecule has 0 radical (unpaired) electrons. The van der Waals surface area contributed by atoms with Gasteiger partial charge in [0.1, 0.15) is 0 Å². The number of H-pyrrole nitrogens is 1. The van der Waals surface area contributed by atoms with E-state index in [-0.39, 0.29) is 5.91 Å². The number of amides is 1. The molecule has 94 valence electrons. The zero-order chi connectivity index (χ0) is 13.2. The number of nitrogens with one attached hydrogen (secondary N) is 2. The lowest BCUT2D eigenvalue weighted by molar-refractivity contribution is 0.102. The Hall–Kier alpha value is -2.07. The fraction of sp³-hybridized carbons (Fsp3) is 0. The molecular weight excluding hydrogens is 304 g/mol. The number of rotatable bonds is 2. The van der Waals surface area contributed by atoms with E-state index in [4.69, 9.17) is 0 Å². The molecule has 1 heterocycles. The molecule has 0 unspecified atom stereocenters. The van der Waals surface area contributed by atoms with Crippen LogP contribution in [0.2, 0.25) is 0 Å². The van der Waals surface area contributed by atoms with Crippen molar-refractivity contribution >= 4 is 38.4 Å². The molecule has 3 nitrogen and oxygen atoms in total. The molecule has 1 aromatic heterocycles. The Bertz CT molecular complexity index is 731. The summed E-state index contributed by atoms with van der Waals surface area (Å²) in [4.78, 5) is 15.3. The third kappa shape index (κ3) is 2.39. The molecule has 0 aliphatic rings. The smallest absolute Gasteiger partial charge is 0.257 e. The number of halogens is 1. The third-order valence-electron chi connectivity index (χ3n) is 2.94. The van der Waals surface area contributed by atoms with Gasteiger partial charge in [-0.25, -0.2) is 0 Å². The van der Waals surface area contributed by atoms with Crippen molar-refractivity contribution in [3.05, 3.63) is 64.8 Å². The van der Waals surface area contributed by atoms with Crippen LogP contribution >= 0.6 is 15.9 Å². The first kappa shape index (κ1) is 12.0. The number of hydrogen-bond acceptors (Lipinski definition) is 1. The molecule has 0 fully saturated rings. The predicted octanol–water partition coefficient (Wildman–Crippen LogP) is 4.18. The van der Waals surface area contributed by atoms with E-state index in [9.17, 15) is 4.79 Å². The van der Waals surface area contributed by atoms with Gasteiger partial charge in [-0.3, -0.25) is 4.79 Å². The van der Waals surface area contributed by atoms with Gasteiger partial charge in [0, 0.05) is 27.3 Å². The number of carbonyl (C=O) groups is 1. The molecule has 0 atom stereocenters. The molecule has 2 N–H and O–H groups in total. The lowest BCUT2D eigenvalue weighted by Crippen LogP contribution is -2.11. The van der Waals surface area contributed by atoms with Gasteiger partial charge in [-0.15, -0.1) is 0 Å². The largest absolute Gasteiger partial charge is 0.360 e. The van der Waals surface area contributed by atoms with Crippen LogP contribution in [0.4, 0.5) is 5.69 Å². The summed E-state index contributed by atoms with van der Waals surface area (Å²) in [6.07, 6.45) is 1.73. The number of benzene rings is 2. The highest BCUT2D eigenvalue weighted by molar-refractivity contribution is 9.10. The molecule has 0 aliphatic carbocycles. The van der Waals surface area contributed by atoms with Crippen LogP contribution in [0, 0.1) is 0 Å². The lowest BCUT2D eigenvalue weighted by atomic mass is 10.1. The van der Waals surface area contributed by atoms with E-state index in [0.29, 0.717) is 5.56 Å². The van der Waals surface area contributed by atoms with Crippen LogP contribution in [0.1, 0.15) is 10.4 Å². The van der Waals surface area contributed by atoms with Gasteiger partial charge in [0.25, 0.3) is 5.91 Å². The summed E-state index contributed by atoms with van der Waals surface area (Å²) >= 11 is 3.37. The van der Waals surface area contributed by atoms with Crippen LogP contribution in [-0.2, 0) is 0 Å². The summed E-state index contributed by atoms with van der Waals surface area (Å²) < 4.78 is 0.984. The summed E-state index contributed by atoms with van der Waals surface area (Å²) in [5.41, 5.74) is 2.39. The van der Waals surface area contributed by atoms with Crippen molar-refractivity contribution in [2.75, 3.05) is 5.32 Å². The molecule has 4 heteroatoms.